The summed E-state index contributed by atoms with van der Waals surface area (Å²) >= 11 is 1.66. The van der Waals surface area contributed by atoms with Gasteiger partial charge in [-0.25, -0.2) is 9.97 Å². The number of rotatable bonds is 3. The van der Waals surface area contributed by atoms with Crippen LogP contribution in [0.5, 0.6) is 5.75 Å². The second-order valence-electron chi connectivity index (χ2n) is 7.74. The molecule has 1 atom stereocenters. The number of likely N-dealkylation sites (tertiary alicyclic amines) is 1. The Kier molecular flexibility index (Phi) is 4.56. The number of fused-ring (bicyclic) bond motifs is 2. The van der Waals surface area contributed by atoms with Gasteiger partial charge in [-0.3, -0.25) is 4.79 Å². The molecular formula is C23H21N5O2S. The molecule has 1 amide bonds. The van der Waals surface area contributed by atoms with Gasteiger partial charge >= 0.3 is 0 Å². The molecule has 1 aromatic carbocycles. The van der Waals surface area contributed by atoms with Gasteiger partial charge in [-0.05, 0) is 42.3 Å². The highest BCUT2D eigenvalue weighted by molar-refractivity contribution is 7.22. The van der Waals surface area contributed by atoms with Gasteiger partial charge in [-0.15, -0.1) is 17.8 Å². The summed E-state index contributed by atoms with van der Waals surface area (Å²) in [6.07, 6.45) is 9.67. The Balaban J connectivity index is 1.66. The molecule has 1 fully saturated rings. The minimum absolute atomic E-state index is 0.0778. The van der Waals surface area contributed by atoms with Crippen LogP contribution in [0.1, 0.15) is 18.0 Å². The molecule has 1 saturated heterocycles. The lowest BCUT2D eigenvalue weighted by Crippen LogP contribution is -2.27. The van der Waals surface area contributed by atoms with Crippen molar-refractivity contribution in [3.63, 3.8) is 0 Å². The molecule has 0 unspecified atom stereocenters. The SMILES string of the molecule is C#CC(=O)N1CC[C@H](n2cc(-c3cc4cc(C)cc(OC)c4s3)c3c(N)ncnc32)C1. The third kappa shape index (κ3) is 3.09. The molecule has 0 radical (unpaired) electrons. The number of nitrogens with two attached hydrogens (primary N) is 1. The number of terminal acetylenes is 1. The van der Waals surface area contributed by atoms with E-state index in [1.54, 1.807) is 23.3 Å². The van der Waals surface area contributed by atoms with E-state index in [1.165, 1.54) is 6.33 Å². The van der Waals surface area contributed by atoms with Crippen LogP contribution in [-0.2, 0) is 4.79 Å². The number of hydrogen-bond donors (Lipinski definition) is 1. The number of ether oxygens (including phenoxy) is 1. The smallest absolute Gasteiger partial charge is 0.298 e. The van der Waals surface area contributed by atoms with Gasteiger partial charge in [0.05, 0.1) is 23.2 Å². The summed E-state index contributed by atoms with van der Waals surface area (Å²) in [6.45, 7) is 3.23. The Morgan fingerprint density at radius 3 is 2.97 bits per heavy atom. The first-order valence-corrected chi connectivity index (χ1v) is 10.8. The van der Waals surface area contributed by atoms with E-state index in [9.17, 15) is 4.79 Å². The van der Waals surface area contributed by atoms with Crippen molar-refractivity contribution in [2.45, 2.75) is 19.4 Å². The van der Waals surface area contributed by atoms with Crippen molar-refractivity contribution in [1.29, 1.82) is 0 Å². The lowest BCUT2D eigenvalue weighted by atomic mass is 10.1. The zero-order valence-corrected chi connectivity index (χ0v) is 18.1. The standard InChI is InChI=1S/C23H21N5O2S/c1-4-19(29)27-6-5-15(10-27)28-11-16(20-22(24)25-12-26-23(20)28)18-9-14-7-13(2)8-17(30-3)21(14)31-18/h1,7-9,11-12,15H,5-6,10H2,2-3H3,(H2,24,25,26)/t15-/m0/s1. The summed E-state index contributed by atoms with van der Waals surface area (Å²) in [5, 5.41) is 1.95. The number of carbonyl (C=O) groups is 1. The number of hydrogen-bond acceptors (Lipinski definition) is 6. The second-order valence-corrected chi connectivity index (χ2v) is 8.79. The van der Waals surface area contributed by atoms with Gasteiger partial charge in [0.2, 0.25) is 0 Å². The third-order valence-corrected chi connectivity index (χ3v) is 7.02. The summed E-state index contributed by atoms with van der Waals surface area (Å²) in [5.41, 5.74) is 9.19. The molecule has 0 bridgehead atoms. The fourth-order valence-electron chi connectivity index (χ4n) is 4.37. The predicted molar refractivity (Wildman–Crippen MR) is 123 cm³/mol. The molecule has 4 aromatic rings. The molecule has 156 valence electrons. The minimum Gasteiger partial charge on any atom is -0.495 e. The predicted octanol–water partition coefficient (Wildman–Crippen LogP) is 3.62. The number of nitrogens with zero attached hydrogens (tertiary/aromatic N) is 4. The van der Waals surface area contributed by atoms with E-state index >= 15 is 0 Å². The first-order valence-electron chi connectivity index (χ1n) is 9.95. The Hall–Kier alpha value is -3.57. The van der Waals surface area contributed by atoms with Crippen molar-refractivity contribution >= 4 is 44.2 Å². The molecule has 2 N–H and O–H groups in total. The number of nitrogen functional groups attached to an aromatic ring is 1. The molecule has 1 aliphatic rings. The Morgan fingerprint density at radius 1 is 1.35 bits per heavy atom. The second kappa shape index (κ2) is 7.29. The van der Waals surface area contributed by atoms with E-state index in [1.807, 2.05) is 6.07 Å². The maximum Gasteiger partial charge on any atom is 0.298 e. The summed E-state index contributed by atoms with van der Waals surface area (Å²) in [4.78, 5) is 23.5. The number of carbonyl (C=O) groups excluding carboxylic acids is 1. The van der Waals surface area contributed by atoms with Crippen molar-refractivity contribution in [3.8, 4) is 28.5 Å². The molecule has 8 heteroatoms. The number of amides is 1. The first-order chi connectivity index (χ1) is 15.0. The van der Waals surface area contributed by atoms with Crippen molar-refractivity contribution in [2.75, 3.05) is 25.9 Å². The molecular weight excluding hydrogens is 410 g/mol. The van der Waals surface area contributed by atoms with Crippen LogP contribution >= 0.6 is 11.3 Å². The van der Waals surface area contributed by atoms with Crippen molar-refractivity contribution < 1.29 is 9.53 Å². The lowest BCUT2D eigenvalue weighted by molar-refractivity contribution is -0.124. The summed E-state index contributed by atoms with van der Waals surface area (Å²) in [6, 6.07) is 6.43. The van der Waals surface area contributed by atoms with Crippen LogP contribution in [0, 0.1) is 19.3 Å². The molecule has 1 aliphatic heterocycles. The maximum absolute atomic E-state index is 11.9. The average molecular weight is 432 g/mol. The zero-order valence-electron chi connectivity index (χ0n) is 17.3. The van der Waals surface area contributed by atoms with E-state index < -0.39 is 0 Å². The first kappa shape index (κ1) is 19.4. The van der Waals surface area contributed by atoms with Gasteiger partial charge < -0.3 is 19.9 Å². The number of aryl methyl sites for hydroxylation is 1. The number of methoxy groups -OCH3 is 1. The molecule has 7 nitrogen and oxygen atoms in total. The zero-order chi connectivity index (χ0) is 21.7. The van der Waals surface area contributed by atoms with Crippen LogP contribution in [0.15, 0.2) is 30.7 Å². The molecule has 0 aliphatic carbocycles. The molecule has 3 aromatic heterocycles. The molecule has 4 heterocycles. The minimum atomic E-state index is -0.278. The highest BCUT2D eigenvalue weighted by Crippen LogP contribution is 2.43. The number of benzene rings is 1. The van der Waals surface area contributed by atoms with Gasteiger partial charge in [0, 0.05) is 29.7 Å². The van der Waals surface area contributed by atoms with E-state index in [2.05, 4.69) is 45.7 Å². The Labute approximate surface area is 183 Å². The highest BCUT2D eigenvalue weighted by Gasteiger charge is 2.29. The van der Waals surface area contributed by atoms with E-state index in [0.717, 1.165) is 49.3 Å². The highest BCUT2D eigenvalue weighted by atomic mass is 32.1. The third-order valence-electron chi connectivity index (χ3n) is 5.82. The van der Waals surface area contributed by atoms with Gasteiger partial charge in [0.15, 0.2) is 0 Å². The quantitative estimate of drug-likeness (QED) is 0.501. The van der Waals surface area contributed by atoms with Crippen molar-refractivity contribution in [3.05, 3.63) is 36.3 Å². The Morgan fingerprint density at radius 2 is 2.19 bits per heavy atom. The number of thiophene rings is 1. The summed E-state index contributed by atoms with van der Waals surface area (Å²) in [5.74, 6) is 3.23. The van der Waals surface area contributed by atoms with E-state index in [0.29, 0.717) is 18.9 Å². The van der Waals surface area contributed by atoms with Crippen LogP contribution in [0.25, 0.3) is 31.6 Å². The lowest BCUT2D eigenvalue weighted by Gasteiger charge is -2.15. The molecule has 0 saturated carbocycles. The molecule has 0 spiro atoms. The summed E-state index contributed by atoms with van der Waals surface area (Å²) < 4.78 is 8.80. The molecule has 5 rings (SSSR count). The van der Waals surface area contributed by atoms with E-state index in [-0.39, 0.29) is 11.9 Å². The van der Waals surface area contributed by atoms with Gasteiger partial charge in [0.1, 0.15) is 23.5 Å². The number of anilines is 1. The van der Waals surface area contributed by atoms with Crippen LogP contribution in [0.3, 0.4) is 0 Å². The normalized spacial score (nSPS) is 16.2. The van der Waals surface area contributed by atoms with Crippen molar-refractivity contribution in [1.82, 2.24) is 19.4 Å². The monoisotopic (exact) mass is 431 g/mol. The molecule has 31 heavy (non-hydrogen) atoms. The summed E-state index contributed by atoms with van der Waals surface area (Å²) in [7, 11) is 1.69. The van der Waals surface area contributed by atoms with E-state index in [4.69, 9.17) is 16.9 Å². The maximum atomic E-state index is 11.9. The largest absolute Gasteiger partial charge is 0.495 e. The fraction of sp³-hybridized carbons (Fsp3) is 0.261. The van der Waals surface area contributed by atoms with Crippen LogP contribution < -0.4 is 10.5 Å². The van der Waals surface area contributed by atoms with Gasteiger partial charge in [0.25, 0.3) is 5.91 Å². The van der Waals surface area contributed by atoms with Crippen LogP contribution in [-0.4, -0.2) is 45.5 Å². The van der Waals surface area contributed by atoms with Crippen molar-refractivity contribution in [2.24, 2.45) is 0 Å². The van der Waals surface area contributed by atoms with Crippen LogP contribution in [0.2, 0.25) is 0 Å². The van der Waals surface area contributed by atoms with Gasteiger partial charge in [-0.1, -0.05) is 6.07 Å². The topological polar surface area (TPSA) is 86.3 Å². The Bertz CT molecular complexity index is 1380. The van der Waals surface area contributed by atoms with Gasteiger partial charge in [-0.2, -0.15) is 0 Å². The number of aromatic nitrogens is 3. The fourth-order valence-corrected chi connectivity index (χ4v) is 5.52. The van der Waals surface area contributed by atoms with Crippen LogP contribution in [0.4, 0.5) is 5.82 Å². The average Bonchev–Trinajstić information content (AvgIpc) is 3.48.